The van der Waals surface area contributed by atoms with E-state index in [0.717, 1.165) is 55.4 Å². The van der Waals surface area contributed by atoms with Crippen molar-refractivity contribution >= 4 is 17.9 Å². The van der Waals surface area contributed by atoms with Crippen molar-refractivity contribution in [3.05, 3.63) is 76.6 Å². The highest BCUT2D eigenvalue weighted by atomic mass is 32.1. The van der Waals surface area contributed by atoms with Gasteiger partial charge in [0.2, 0.25) is 0 Å². The Labute approximate surface area is 176 Å². The first-order valence-corrected chi connectivity index (χ1v) is 10.5. The summed E-state index contributed by atoms with van der Waals surface area (Å²) in [5.74, 6) is 0.813. The Hall–Kier alpha value is -2.51. The van der Waals surface area contributed by atoms with Crippen LogP contribution in [0.2, 0.25) is 0 Å². The highest BCUT2D eigenvalue weighted by Crippen LogP contribution is 2.17. The number of halogens is 1. The summed E-state index contributed by atoms with van der Waals surface area (Å²) in [6, 6.07) is 17.1. The molecule has 1 aliphatic heterocycles. The summed E-state index contributed by atoms with van der Waals surface area (Å²) >= 11 is 5.70. The monoisotopic (exact) mass is 411 g/mol. The lowest BCUT2D eigenvalue weighted by atomic mass is 10.1. The van der Waals surface area contributed by atoms with E-state index in [0.29, 0.717) is 6.67 Å². The summed E-state index contributed by atoms with van der Waals surface area (Å²) in [6.07, 6.45) is 0.781. The highest BCUT2D eigenvalue weighted by molar-refractivity contribution is 7.71. The number of rotatable bonds is 6. The maximum absolute atomic E-state index is 13.1. The highest BCUT2D eigenvalue weighted by Gasteiger charge is 2.19. The van der Waals surface area contributed by atoms with Gasteiger partial charge >= 0.3 is 0 Å². The molecule has 1 aliphatic rings. The fourth-order valence-corrected chi connectivity index (χ4v) is 4.13. The van der Waals surface area contributed by atoms with E-state index in [-0.39, 0.29) is 5.82 Å². The van der Waals surface area contributed by atoms with Gasteiger partial charge in [-0.1, -0.05) is 30.3 Å². The molecule has 7 heteroatoms. The van der Waals surface area contributed by atoms with E-state index < -0.39 is 0 Å². The van der Waals surface area contributed by atoms with Crippen molar-refractivity contribution in [1.82, 2.24) is 19.2 Å². The molecule has 0 unspecified atom stereocenters. The van der Waals surface area contributed by atoms with E-state index in [1.807, 2.05) is 22.9 Å². The van der Waals surface area contributed by atoms with Crippen LogP contribution in [0.5, 0.6) is 0 Å². The summed E-state index contributed by atoms with van der Waals surface area (Å²) in [7, 11) is 0. The Kier molecular flexibility index (Phi) is 6.06. The van der Waals surface area contributed by atoms with E-state index in [1.54, 1.807) is 0 Å². The molecular formula is C22H26FN5S. The molecule has 0 atom stereocenters. The van der Waals surface area contributed by atoms with Gasteiger partial charge in [0.05, 0.1) is 6.67 Å². The minimum absolute atomic E-state index is 0.195. The van der Waals surface area contributed by atoms with E-state index in [1.165, 1.54) is 17.7 Å². The summed E-state index contributed by atoms with van der Waals surface area (Å²) in [5, 5.41) is 4.84. The summed E-state index contributed by atoms with van der Waals surface area (Å²) in [5.41, 5.74) is 2.31. The fraction of sp³-hybridized carbons (Fsp3) is 0.364. The van der Waals surface area contributed by atoms with Crippen LogP contribution in [0.3, 0.4) is 0 Å². The number of anilines is 1. The van der Waals surface area contributed by atoms with Gasteiger partial charge in [0.1, 0.15) is 11.6 Å². The Balaban J connectivity index is 1.42. The predicted octanol–water partition coefficient (Wildman–Crippen LogP) is 3.94. The number of nitrogens with zero attached hydrogens (tertiary/aromatic N) is 5. The molecule has 29 heavy (non-hydrogen) atoms. The molecule has 0 aliphatic carbocycles. The molecule has 1 saturated heterocycles. The third kappa shape index (κ3) is 4.57. The van der Waals surface area contributed by atoms with Gasteiger partial charge < -0.3 is 9.47 Å². The fourth-order valence-electron chi connectivity index (χ4n) is 3.79. The van der Waals surface area contributed by atoms with Crippen LogP contribution in [0.1, 0.15) is 18.3 Å². The van der Waals surface area contributed by atoms with Crippen LogP contribution in [-0.2, 0) is 19.6 Å². The lowest BCUT2D eigenvalue weighted by Crippen LogP contribution is -2.47. The van der Waals surface area contributed by atoms with Gasteiger partial charge in [0, 0.05) is 44.8 Å². The third-order valence-corrected chi connectivity index (χ3v) is 5.85. The Morgan fingerprint density at radius 2 is 1.66 bits per heavy atom. The van der Waals surface area contributed by atoms with Gasteiger partial charge in [-0.05, 0) is 49.0 Å². The van der Waals surface area contributed by atoms with E-state index in [2.05, 4.69) is 45.6 Å². The number of hydrogen-bond acceptors (Lipinski definition) is 4. The second-order valence-corrected chi connectivity index (χ2v) is 7.69. The van der Waals surface area contributed by atoms with Gasteiger partial charge in [-0.25, -0.2) is 9.07 Å². The molecule has 0 radical (unpaired) electrons. The molecule has 5 nitrogen and oxygen atoms in total. The number of benzene rings is 2. The van der Waals surface area contributed by atoms with Gasteiger partial charge in [-0.15, -0.1) is 0 Å². The molecular weight excluding hydrogens is 385 g/mol. The molecule has 0 N–H and O–H groups in total. The molecule has 3 aromatic rings. The minimum Gasteiger partial charge on any atom is -0.369 e. The predicted molar refractivity (Wildman–Crippen MR) is 116 cm³/mol. The normalized spacial score (nSPS) is 15.0. The van der Waals surface area contributed by atoms with E-state index in [4.69, 9.17) is 17.3 Å². The van der Waals surface area contributed by atoms with Crippen molar-refractivity contribution < 1.29 is 4.39 Å². The van der Waals surface area contributed by atoms with Gasteiger partial charge in [0.15, 0.2) is 4.77 Å². The zero-order chi connectivity index (χ0) is 20.2. The van der Waals surface area contributed by atoms with Crippen LogP contribution < -0.4 is 4.90 Å². The van der Waals surface area contributed by atoms with Crippen molar-refractivity contribution in [1.29, 1.82) is 0 Å². The largest absolute Gasteiger partial charge is 0.369 e. The zero-order valence-electron chi connectivity index (χ0n) is 16.7. The minimum atomic E-state index is -0.195. The van der Waals surface area contributed by atoms with Crippen LogP contribution >= 0.6 is 12.2 Å². The van der Waals surface area contributed by atoms with Crippen LogP contribution in [0.15, 0.2) is 54.6 Å². The average Bonchev–Trinajstić information content (AvgIpc) is 3.04. The standard InChI is InChI=1S/C22H26FN5S/c1-2-27-21(16-18-6-4-3-5-7-18)24-28(22(27)29)17-25-12-14-26(15-13-25)20-10-8-19(23)9-11-20/h3-11H,2,12-17H2,1H3. The number of piperazine rings is 1. The first-order valence-electron chi connectivity index (χ1n) is 10.1. The molecule has 0 saturated carbocycles. The van der Waals surface area contributed by atoms with Crippen molar-refractivity contribution in [3.63, 3.8) is 0 Å². The zero-order valence-corrected chi connectivity index (χ0v) is 17.5. The van der Waals surface area contributed by atoms with Gasteiger partial charge in [-0.3, -0.25) is 4.90 Å². The van der Waals surface area contributed by atoms with Crippen molar-refractivity contribution in [3.8, 4) is 0 Å². The van der Waals surface area contributed by atoms with Crippen LogP contribution in [0.25, 0.3) is 0 Å². The summed E-state index contributed by atoms with van der Waals surface area (Å²) < 4.78 is 18.0. The topological polar surface area (TPSA) is 29.2 Å². The summed E-state index contributed by atoms with van der Waals surface area (Å²) in [6.45, 7) is 7.29. The number of aromatic nitrogens is 3. The maximum atomic E-state index is 13.1. The van der Waals surface area contributed by atoms with E-state index >= 15 is 0 Å². The molecule has 0 spiro atoms. The second-order valence-electron chi connectivity index (χ2n) is 7.33. The second kappa shape index (κ2) is 8.88. The molecule has 152 valence electrons. The first kappa shape index (κ1) is 19.8. The molecule has 0 bridgehead atoms. The molecule has 1 fully saturated rings. The quantitative estimate of drug-likeness (QED) is 0.575. The first-order chi connectivity index (χ1) is 14.1. The molecule has 2 aromatic carbocycles. The molecule has 4 rings (SSSR count). The molecule has 2 heterocycles. The lowest BCUT2D eigenvalue weighted by molar-refractivity contribution is 0.194. The Morgan fingerprint density at radius 3 is 2.31 bits per heavy atom. The molecule has 0 amide bonds. The number of hydrogen-bond donors (Lipinski definition) is 0. The average molecular weight is 412 g/mol. The van der Waals surface area contributed by atoms with Crippen molar-refractivity contribution in [2.45, 2.75) is 26.6 Å². The van der Waals surface area contributed by atoms with Gasteiger partial charge in [-0.2, -0.15) is 5.10 Å². The Bertz CT molecular complexity index is 988. The Morgan fingerprint density at radius 1 is 0.966 bits per heavy atom. The van der Waals surface area contributed by atoms with Crippen LogP contribution in [-0.4, -0.2) is 45.4 Å². The van der Waals surface area contributed by atoms with Crippen LogP contribution in [0.4, 0.5) is 10.1 Å². The summed E-state index contributed by atoms with van der Waals surface area (Å²) in [4.78, 5) is 4.66. The van der Waals surface area contributed by atoms with Crippen LogP contribution in [0, 0.1) is 10.6 Å². The van der Waals surface area contributed by atoms with Crippen molar-refractivity contribution in [2.75, 3.05) is 31.1 Å². The maximum Gasteiger partial charge on any atom is 0.199 e. The SMILES string of the molecule is CCn1c(Cc2ccccc2)nn(CN2CCN(c3ccc(F)cc3)CC2)c1=S. The molecule has 1 aromatic heterocycles. The smallest absolute Gasteiger partial charge is 0.199 e. The lowest BCUT2D eigenvalue weighted by Gasteiger charge is -2.35. The van der Waals surface area contributed by atoms with Crippen molar-refractivity contribution in [2.24, 2.45) is 0 Å². The van der Waals surface area contributed by atoms with Gasteiger partial charge in [0.25, 0.3) is 0 Å². The van der Waals surface area contributed by atoms with E-state index in [9.17, 15) is 4.39 Å². The third-order valence-electron chi connectivity index (χ3n) is 5.42.